The van der Waals surface area contributed by atoms with Crippen molar-refractivity contribution in [1.29, 1.82) is 0 Å². The molecule has 1 saturated carbocycles. The number of pyridine rings is 1. The van der Waals surface area contributed by atoms with E-state index in [1.165, 1.54) is 25.6 Å². The summed E-state index contributed by atoms with van der Waals surface area (Å²) < 4.78 is 2.15. The molecule has 4 rings (SSSR count). The van der Waals surface area contributed by atoms with Gasteiger partial charge in [-0.2, -0.15) is 5.10 Å². The number of carbonyl (C=O) groups is 1. The summed E-state index contributed by atoms with van der Waals surface area (Å²) in [6.45, 7) is 5.67. The fourth-order valence-electron chi connectivity index (χ4n) is 3.99. The number of carboxylic acids is 1. The topological polar surface area (TPSA) is 71.2 Å². The lowest BCUT2D eigenvalue weighted by Gasteiger charge is -2.32. The van der Waals surface area contributed by atoms with Gasteiger partial charge in [-0.25, -0.2) is 4.79 Å². The van der Waals surface area contributed by atoms with Crippen molar-refractivity contribution in [1.82, 2.24) is 19.7 Å². The quantitative estimate of drug-likeness (QED) is 0.864. The molecule has 1 N–H and O–H groups in total. The first-order valence-corrected chi connectivity index (χ1v) is 9.53. The molecule has 1 saturated heterocycles. The third-order valence-electron chi connectivity index (χ3n) is 5.78. The molecule has 26 heavy (non-hydrogen) atoms. The first-order chi connectivity index (χ1) is 12.6. The van der Waals surface area contributed by atoms with E-state index in [2.05, 4.69) is 26.6 Å². The standard InChI is InChI=1S/C20H26N4O2/c1-14-16(10-17-11-21-7-4-19(17)20(25)26)12-22-24(14)18-5-8-23(9-6-18)13-15-2-3-15/h4,7,11-12,15,18H,2-3,5-6,8-10,13H2,1H3,(H,25,26). The minimum absolute atomic E-state index is 0.320. The van der Waals surface area contributed by atoms with Crippen LogP contribution in [0, 0.1) is 12.8 Å². The average molecular weight is 354 g/mol. The maximum Gasteiger partial charge on any atom is 0.336 e. The van der Waals surface area contributed by atoms with Crippen LogP contribution in [0.15, 0.2) is 24.7 Å². The Balaban J connectivity index is 1.44. The van der Waals surface area contributed by atoms with E-state index in [0.29, 0.717) is 18.0 Å². The Kier molecular flexibility index (Phi) is 4.76. The molecule has 6 nitrogen and oxygen atoms in total. The third-order valence-corrected chi connectivity index (χ3v) is 5.78. The van der Waals surface area contributed by atoms with Gasteiger partial charge in [0.2, 0.25) is 0 Å². The predicted octanol–water partition coefficient (Wildman–Crippen LogP) is 2.92. The van der Waals surface area contributed by atoms with Gasteiger partial charge in [-0.15, -0.1) is 0 Å². The summed E-state index contributed by atoms with van der Waals surface area (Å²) in [6.07, 6.45) is 10.7. The molecule has 3 heterocycles. The second-order valence-corrected chi connectivity index (χ2v) is 7.69. The Bertz CT molecular complexity index is 789. The average Bonchev–Trinajstić information content (AvgIpc) is 3.39. The molecular formula is C20H26N4O2. The van der Waals surface area contributed by atoms with Crippen LogP contribution in [0.5, 0.6) is 0 Å². The number of piperidine rings is 1. The highest BCUT2D eigenvalue weighted by atomic mass is 16.4. The van der Waals surface area contributed by atoms with E-state index in [-0.39, 0.29) is 0 Å². The van der Waals surface area contributed by atoms with Gasteiger partial charge in [-0.3, -0.25) is 9.67 Å². The monoisotopic (exact) mass is 354 g/mol. The van der Waals surface area contributed by atoms with Gasteiger partial charge in [0.15, 0.2) is 0 Å². The summed E-state index contributed by atoms with van der Waals surface area (Å²) in [4.78, 5) is 18.1. The molecule has 0 atom stereocenters. The molecular weight excluding hydrogens is 328 g/mol. The van der Waals surface area contributed by atoms with E-state index in [1.807, 2.05) is 6.20 Å². The number of nitrogens with zero attached hydrogens (tertiary/aromatic N) is 4. The lowest BCUT2D eigenvalue weighted by molar-refractivity contribution is 0.0695. The van der Waals surface area contributed by atoms with Crippen LogP contribution >= 0.6 is 0 Å². The van der Waals surface area contributed by atoms with Crippen molar-refractivity contribution in [2.45, 2.75) is 45.1 Å². The largest absolute Gasteiger partial charge is 0.478 e. The zero-order chi connectivity index (χ0) is 18.1. The molecule has 1 aliphatic carbocycles. The van der Waals surface area contributed by atoms with Crippen molar-refractivity contribution in [3.63, 3.8) is 0 Å². The van der Waals surface area contributed by atoms with Gasteiger partial charge in [0, 0.05) is 44.1 Å². The molecule has 2 fully saturated rings. The second kappa shape index (κ2) is 7.19. The van der Waals surface area contributed by atoms with E-state index in [1.54, 1.807) is 12.3 Å². The van der Waals surface area contributed by atoms with E-state index in [4.69, 9.17) is 0 Å². The molecule has 0 amide bonds. The number of hydrogen-bond acceptors (Lipinski definition) is 4. The van der Waals surface area contributed by atoms with E-state index >= 15 is 0 Å². The lowest BCUT2D eigenvalue weighted by atomic mass is 10.0. The van der Waals surface area contributed by atoms with Crippen molar-refractivity contribution >= 4 is 5.97 Å². The number of aromatic nitrogens is 3. The highest BCUT2D eigenvalue weighted by molar-refractivity contribution is 5.89. The Morgan fingerprint density at radius 1 is 1.19 bits per heavy atom. The first kappa shape index (κ1) is 17.2. The lowest BCUT2D eigenvalue weighted by Crippen LogP contribution is -2.36. The number of carboxylic acid groups (broad SMARTS) is 1. The molecule has 1 aliphatic heterocycles. The molecule has 138 valence electrons. The van der Waals surface area contributed by atoms with E-state index in [0.717, 1.165) is 48.7 Å². The normalized spacial score (nSPS) is 19.0. The van der Waals surface area contributed by atoms with Crippen LogP contribution in [0.1, 0.15) is 58.9 Å². The number of hydrogen-bond donors (Lipinski definition) is 1. The van der Waals surface area contributed by atoms with Crippen LogP contribution in [0.3, 0.4) is 0 Å². The van der Waals surface area contributed by atoms with Crippen LogP contribution in [0.25, 0.3) is 0 Å². The third kappa shape index (κ3) is 3.65. The Morgan fingerprint density at radius 3 is 2.65 bits per heavy atom. The minimum Gasteiger partial charge on any atom is -0.478 e. The summed E-state index contributed by atoms with van der Waals surface area (Å²) in [5.74, 6) is 0.0444. The van der Waals surface area contributed by atoms with Gasteiger partial charge in [-0.1, -0.05) is 0 Å². The summed E-state index contributed by atoms with van der Waals surface area (Å²) >= 11 is 0. The Labute approximate surface area is 153 Å². The van der Waals surface area contributed by atoms with Gasteiger partial charge >= 0.3 is 5.97 Å². The van der Waals surface area contributed by atoms with Gasteiger partial charge in [0.25, 0.3) is 0 Å². The molecule has 2 aromatic rings. The predicted molar refractivity (Wildman–Crippen MR) is 98.4 cm³/mol. The Morgan fingerprint density at radius 2 is 1.96 bits per heavy atom. The minimum atomic E-state index is -0.907. The SMILES string of the molecule is Cc1c(Cc2cnccc2C(=O)O)cnn1C1CCN(CC2CC2)CC1. The first-order valence-electron chi connectivity index (χ1n) is 9.53. The maximum atomic E-state index is 11.4. The molecule has 0 radical (unpaired) electrons. The Hall–Kier alpha value is -2.21. The molecule has 0 unspecified atom stereocenters. The smallest absolute Gasteiger partial charge is 0.336 e. The zero-order valence-corrected chi connectivity index (χ0v) is 15.3. The van der Waals surface area contributed by atoms with Gasteiger partial charge in [0.1, 0.15) is 0 Å². The van der Waals surface area contributed by atoms with Crippen LogP contribution in [-0.4, -0.2) is 50.4 Å². The number of aromatic carboxylic acids is 1. The highest BCUT2D eigenvalue weighted by Crippen LogP contribution is 2.32. The van der Waals surface area contributed by atoms with Crippen molar-refractivity contribution in [3.05, 3.63) is 47.0 Å². The van der Waals surface area contributed by atoms with Crippen molar-refractivity contribution in [2.24, 2.45) is 5.92 Å². The molecule has 0 aromatic carbocycles. The van der Waals surface area contributed by atoms with Crippen molar-refractivity contribution in [2.75, 3.05) is 19.6 Å². The number of likely N-dealkylation sites (tertiary alicyclic amines) is 1. The van der Waals surface area contributed by atoms with Crippen LogP contribution in [-0.2, 0) is 6.42 Å². The van der Waals surface area contributed by atoms with E-state index in [9.17, 15) is 9.90 Å². The fraction of sp³-hybridized carbons (Fsp3) is 0.550. The molecule has 2 aliphatic rings. The van der Waals surface area contributed by atoms with Crippen LogP contribution < -0.4 is 0 Å². The highest BCUT2D eigenvalue weighted by Gasteiger charge is 2.28. The maximum absolute atomic E-state index is 11.4. The summed E-state index contributed by atoms with van der Waals surface area (Å²) in [5.41, 5.74) is 3.29. The van der Waals surface area contributed by atoms with Crippen LogP contribution in [0.4, 0.5) is 0 Å². The van der Waals surface area contributed by atoms with E-state index < -0.39 is 5.97 Å². The molecule has 6 heteroatoms. The summed E-state index contributed by atoms with van der Waals surface area (Å²) in [7, 11) is 0. The van der Waals surface area contributed by atoms with Crippen molar-refractivity contribution in [3.8, 4) is 0 Å². The van der Waals surface area contributed by atoms with Gasteiger partial charge in [-0.05, 0) is 55.7 Å². The van der Waals surface area contributed by atoms with Gasteiger partial charge < -0.3 is 10.0 Å². The summed E-state index contributed by atoms with van der Waals surface area (Å²) in [6, 6.07) is 2.01. The van der Waals surface area contributed by atoms with Crippen molar-refractivity contribution < 1.29 is 9.90 Å². The zero-order valence-electron chi connectivity index (χ0n) is 15.3. The number of rotatable bonds is 6. The van der Waals surface area contributed by atoms with Gasteiger partial charge in [0.05, 0.1) is 17.8 Å². The molecule has 0 spiro atoms. The fourth-order valence-corrected chi connectivity index (χ4v) is 3.99. The summed E-state index contributed by atoms with van der Waals surface area (Å²) in [5, 5.41) is 14.0. The molecule has 0 bridgehead atoms. The molecule has 2 aromatic heterocycles. The second-order valence-electron chi connectivity index (χ2n) is 7.69. The van der Waals surface area contributed by atoms with Crippen LogP contribution in [0.2, 0.25) is 0 Å².